The molecule has 0 atom stereocenters. The van der Waals surface area contributed by atoms with E-state index in [0.29, 0.717) is 5.13 Å². The first kappa shape index (κ1) is 9.66. The van der Waals surface area contributed by atoms with Gasteiger partial charge >= 0.3 is 5.97 Å². The number of aromatic nitrogens is 1. The topological polar surface area (TPSA) is 65.8 Å². The third-order valence-corrected chi connectivity index (χ3v) is 2.00. The van der Waals surface area contributed by atoms with Crippen molar-refractivity contribution in [3.05, 3.63) is 11.1 Å². The lowest BCUT2D eigenvalue weighted by atomic mass is 10.6. The molecule has 0 unspecified atom stereocenters. The zero-order valence-corrected chi connectivity index (χ0v) is 8.08. The maximum absolute atomic E-state index is 10.5. The highest BCUT2D eigenvalue weighted by Crippen LogP contribution is 2.20. The zero-order valence-electron chi connectivity index (χ0n) is 7.26. The molecule has 0 saturated heterocycles. The van der Waals surface area contributed by atoms with Crippen molar-refractivity contribution in [3.8, 4) is 0 Å². The van der Waals surface area contributed by atoms with E-state index in [1.54, 1.807) is 11.2 Å². The Bertz CT molecular complexity index is 332. The fraction of sp³-hybridized carbons (Fsp3) is 0.286. The Kier molecular flexibility index (Phi) is 2.97. The van der Waals surface area contributed by atoms with Crippen molar-refractivity contribution in [2.75, 3.05) is 14.1 Å². The number of rotatable bonds is 3. The van der Waals surface area contributed by atoms with Crippen LogP contribution in [0.25, 0.3) is 0 Å². The molecule has 13 heavy (non-hydrogen) atoms. The Hall–Kier alpha value is -1.43. The molecule has 1 rings (SSSR count). The first-order valence-corrected chi connectivity index (χ1v) is 4.31. The average molecular weight is 199 g/mol. The average Bonchev–Trinajstić information content (AvgIpc) is 2.48. The zero-order chi connectivity index (χ0) is 9.84. The molecule has 0 radical (unpaired) electrons. The number of nitrogens with zero attached hydrogens (tertiary/aromatic N) is 3. The summed E-state index contributed by atoms with van der Waals surface area (Å²) in [6.07, 6.45) is 2.87. The van der Waals surface area contributed by atoms with E-state index < -0.39 is 5.97 Å². The largest absolute Gasteiger partial charge is 0.477 e. The smallest absolute Gasteiger partial charge is 0.347 e. The Labute approximate surface area is 79.4 Å². The molecule has 70 valence electrons. The SMILES string of the molecule is CN(C)C=Nc1ncc(C(=O)O)s1. The Morgan fingerprint density at radius 3 is 2.92 bits per heavy atom. The number of carboxylic acids is 1. The second-order valence-corrected chi connectivity index (χ2v) is 3.53. The number of hydrogen-bond donors (Lipinski definition) is 1. The lowest BCUT2D eigenvalue weighted by Crippen LogP contribution is -2.06. The van der Waals surface area contributed by atoms with Gasteiger partial charge in [-0.05, 0) is 0 Å². The van der Waals surface area contributed by atoms with Gasteiger partial charge in [0.2, 0.25) is 5.13 Å². The van der Waals surface area contributed by atoms with Crippen LogP contribution in [0.5, 0.6) is 0 Å². The van der Waals surface area contributed by atoms with Crippen LogP contribution in [0.3, 0.4) is 0 Å². The van der Waals surface area contributed by atoms with Gasteiger partial charge in [-0.3, -0.25) is 0 Å². The van der Waals surface area contributed by atoms with Crippen molar-refractivity contribution in [2.24, 2.45) is 4.99 Å². The lowest BCUT2D eigenvalue weighted by molar-refractivity contribution is 0.0702. The van der Waals surface area contributed by atoms with Gasteiger partial charge in [0.15, 0.2) is 0 Å². The Balaban J connectivity index is 2.75. The summed E-state index contributed by atoms with van der Waals surface area (Å²) in [4.78, 5) is 20.2. The Morgan fingerprint density at radius 2 is 2.46 bits per heavy atom. The molecular weight excluding hydrogens is 190 g/mol. The van der Waals surface area contributed by atoms with Crippen LogP contribution in [-0.2, 0) is 0 Å². The fourth-order valence-corrected chi connectivity index (χ4v) is 1.18. The van der Waals surface area contributed by atoms with Gasteiger partial charge < -0.3 is 10.0 Å². The molecule has 0 aromatic carbocycles. The van der Waals surface area contributed by atoms with Gasteiger partial charge in [0.25, 0.3) is 0 Å². The van der Waals surface area contributed by atoms with E-state index in [9.17, 15) is 4.79 Å². The first-order chi connectivity index (χ1) is 6.09. The third kappa shape index (κ3) is 2.83. The molecule has 0 aliphatic rings. The molecule has 1 aromatic rings. The minimum atomic E-state index is -0.969. The molecule has 1 aromatic heterocycles. The maximum Gasteiger partial charge on any atom is 0.347 e. The first-order valence-electron chi connectivity index (χ1n) is 3.49. The summed E-state index contributed by atoms with van der Waals surface area (Å²) in [6.45, 7) is 0. The standard InChI is InChI=1S/C7H9N3O2S/c1-10(2)4-9-7-8-3-5(13-7)6(11)12/h3-4H,1-2H3,(H,11,12). The minimum absolute atomic E-state index is 0.200. The summed E-state index contributed by atoms with van der Waals surface area (Å²) in [5, 5.41) is 9.03. The summed E-state index contributed by atoms with van der Waals surface area (Å²) >= 11 is 1.05. The maximum atomic E-state index is 10.5. The highest BCUT2D eigenvalue weighted by molar-refractivity contribution is 7.17. The number of aromatic carboxylic acids is 1. The fourth-order valence-electron chi connectivity index (χ4n) is 0.588. The molecule has 5 nitrogen and oxygen atoms in total. The van der Waals surface area contributed by atoms with Crippen molar-refractivity contribution in [3.63, 3.8) is 0 Å². The van der Waals surface area contributed by atoms with Crippen molar-refractivity contribution in [1.29, 1.82) is 0 Å². The second kappa shape index (κ2) is 3.99. The molecule has 6 heteroatoms. The van der Waals surface area contributed by atoms with Gasteiger partial charge in [-0.2, -0.15) is 0 Å². The van der Waals surface area contributed by atoms with Crippen LogP contribution >= 0.6 is 11.3 Å². The van der Waals surface area contributed by atoms with E-state index in [4.69, 9.17) is 5.11 Å². The van der Waals surface area contributed by atoms with Gasteiger partial charge in [-0.1, -0.05) is 11.3 Å². The third-order valence-electron chi connectivity index (χ3n) is 1.10. The molecule has 1 N–H and O–H groups in total. The quantitative estimate of drug-likeness (QED) is 0.584. The van der Waals surface area contributed by atoms with Crippen LogP contribution in [0.2, 0.25) is 0 Å². The predicted octanol–water partition coefficient (Wildman–Crippen LogP) is 1.06. The van der Waals surface area contributed by atoms with Crippen LogP contribution in [0.15, 0.2) is 11.2 Å². The number of thiazole rings is 1. The van der Waals surface area contributed by atoms with E-state index in [1.807, 2.05) is 14.1 Å². The highest BCUT2D eigenvalue weighted by atomic mass is 32.1. The van der Waals surface area contributed by atoms with Gasteiger partial charge in [0.1, 0.15) is 4.88 Å². The van der Waals surface area contributed by atoms with Gasteiger partial charge in [0.05, 0.1) is 12.5 Å². The van der Waals surface area contributed by atoms with Crippen molar-refractivity contribution < 1.29 is 9.90 Å². The molecular formula is C7H9N3O2S. The Morgan fingerprint density at radius 1 is 1.77 bits per heavy atom. The lowest BCUT2D eigenvalue weighted by Gasteiger charge is -1.99. The molecule has 1 heterocycles. The van der Waals surface area contributed by atoms with Crippen LogP contribution in [0.1, 0.15) is 9.67 Å². The second-order valence-electron chi connectivity index (χ2n) is 2.52. The molecule has 0 spiro atoms. The summed E-state index contributed by atoms with van der Waals surface area (Å²) < 4.78 is 0. The highest BCUT2D eigenvalue weighted by Gasteiger charge is 2.06. The van der Waals surface area contributed by atoms with Gasteiger partial charge in [-0.15, -0.1) is 0 Å². The van der Waals surface area contributed by atoms with E-state index >= 15 is 0 Å². The van der Waals surface area contributed by atoms with Crippen LogP contribution < -0.4 is 0 Å². The van der Waals surface area contributed by atoms with E-state index in [2.05, 4.69) is 9.98 Å². The summed E-state index contributed by atoms with van der Waals surface area (Å²) in [7, 11) is 3.66. The monoisotopic (exact) mass is 199 g/mol. The molecule has 0 saturated carbocycles. The number of aliphatic imine (C=N–C) groups is 1. The van der Waals surface area contributed by atoms with Crippen molar-refractivity contribution in [2.45, 2.75) is 0 Å². The van der Waals surface area contributed by atoms with E-state index in [1.165, 1.54) is 6.20 Å². The number of carboxylic acid groups (broad SMARTS) is 1. The van der Waals surface area contributed by atoms with Crippen LogP contribution in [-0.4, -0.2) is 41.4 Å². The number of carbonyl (C=O) groups is 1. The van der Waals surface area contributed by atoms with Crippen molar-refractivity contribution in [1.82, 2.24) is 9.88 Å². The molecule has 0 amide bonds. The summed E-state index contributed by atoms with van der Waals surface area (Å²) in [6, 6.07) is 0. The normalized spacial score (nSPS) is 10.6. The van der Waals surface area contributed by atoms with Crippen LogP contribution in [0, 0.1) is 0 Å². The molecule has 0 aliphatic heterocycles. The molecule has 0 fully saturated rings. The minimum Gasteiger partial charge on any atom is -0.477 e. The summed E-state index contributed by atoms with van der Waals surface area (Å²) in [5.41, 5.74) is 0. The number of hydrogen-bond acceptors (Lipinski definition) is 4. The summed E-state index contributed by atoms with van der Waals surface area (Å²) in [5.74, 6) is -0.969. The molecule has 0 aliphatic carbocycles. The van der Waals surface area contributed by atoms with Crippen molar-refractivity contribution >= 4 is 28.8 Å². The van der Waals surface area contributed by atoms with Gasteiger partial charge in [-0.25, -0.2) is 14.8 Å². The van der Waals surface area contributed by atoms with E-state index in [-0.39, 0.29) is 4.88 Å². The van der Waals surface area contributed by atoms with Crippen LogP contribution in [0.4, 0.5) is 5.13 Å². The van der Waals surface area contributed by atoms with E-state index in [0.717, 1.165) is 11.3 Å². The molecule has 0 bridgehead atoms. The predicted molar refractivity (Wildman–Crippen MR) is 50.9 cm³/mol. The van der Waals surface area contributed by atoms with Gasteiger partial charge in [0, 0.05) is 14.1 Å².